The maximum atomic E-state index is 12.9. The van der Waals surface area contributed by atoms with Crippen LogP contribution in [-0.2, 0) is 4.79 Å². The molecule has 7 nitrogen and oxygen atoms in total. The summed E-state index contributed by atoms with van der Waals surface area (Å²) in [7, 11) is 0. The predicted octanol–water partition coefficient (Wildman–Crippen LogP) is 2.84. The Morgan fingerprint density at radius 2 is 1.80 bits per heavy atom. The van der Waals surface area contributed by atoms with Gasteiger partial charge in [-0.1, -0.05) is 30.4 Å². The molecule has 0 aromatic heterocycles. The highest BCUT2D eigenvalue weighted by Crippen LogP contribution is 2.45. The number of non-ortho nitro benzene ring substituents is 1. The van der Waals surface area contributed by atoms with E-state index in [4.69, 9.17) is 0 Å². The van der Waals surface area contributed by atoms with E-state index in [0.29, 0.717) is 16.5 Å². The molecule has 3 atom stereocenters. The number of fused-ring (bicyclic) bond motifs is 6. The fourth-order valence-corrected chi connectivity index (χ4v) is 4.31. The van der Waals surface area contributed by atoms with Gasteiger partial charge in [-0.25, -0.2) is 9.69 Å². The lowest BCUT2D eigenvalue weighted by atomic mass is 10.0. The molecule has 2 aliphatic heterocycles. The van der Waals surface area contributed by atoms with Crippen molar-refractivity contribution >= 4 is 34.1 Å². The van der Waals surface area contributed by atoms with Crippen LogP contribution in [0.2, 0.25) is 0 Å². The zero-order valence-electron chi connectivity index (χ0n) is 13.0. The summed E-state index contributed by atoms with van der Waals surface area (Å²) in [6.07, 6.45) is 4.79. The molecule has 25 heavy (non-hydrogen) atoms. The van der Waals surface area contributed by atoms with Crippen LogP contribution in [0.4, 0.5) is 16.2 Å². The highest BCUT2D eigenvalue weighted by Gasteiger charge is 2.57. The first-order chi connectivity index (χ1) is 12.1. The van der Waals surface area contributed by atoms with Crippen LogP contribution >= 0.6 is 0 Å². The van der Waals surface area contributed by atoms with Crippen molar-refractivity contribution in [3.05, 3.63) is 58.7 Å². The van der Waals surface area contributed by atoms with Gasteiger partial charge in [-0.15, -0.1) is 0 Å². The molecule has 5 rings (SSSR count). The normalized spacial score (nSPS) is 26.8. The molecule has 3 amide bonds. The van der Waals surface area contributed by atoms with Crippen molar-refractivity contribution in [3.8, 4) is 0 Å². The van der Waals surface area contributed by atoms with Gasteiger partial charge in [0.2, 0.25) is 0 Å². The molecular formula is C18H13N3O4. The summed E-state index contributed by atoms with van der Waals surface area (Å²) in [5.74, 6) is -0.184. The van der Waals surface area contributed by atoms with Crippen molar-refractivity contribution < 1.29 is 14.5 Å². The number of nitro benzene ring substituents is 1. The van der Waals surface area contributed by atoms with Crippen molar-refractivity contribution in [2.24, 2.45) is 5.92 Å². The van der Waals surface area contributed by atoms with E-state index in [1.54, 1.807) is 29.2 Å². The molecule has 0 radical (unpaired) electrons. The third-order valence-corrected chi connectivity index (χ3v) is 5.36. The summed E-state index contributed by atoms with van der Waals surface area (Å²) >= 11 is 0. The Bertz CT molecular complexity index is 969. The largest absolute Gasteiger partial charge is 0.332 e. The molecule has 2 aromatic rings. The van der Waals surface area contributed by atoms with Gasteiger partial charge >= 0.3 is 6.03 Å². The summed E-state index contributed by atoms with van der Waals surface area (Å²) in [6, 6.07) is 8.82. The fourth-order valence-electron chi connectivity index (χ4n) is 4.31. The molecule has 0 spiro atoms. The third kappa shape index (κ3) is 1.69. The number of amides is 3. The molecule has 2 heterocycles. The van der Waals surface area contributed by atoms with Crippen LogP contribution in [0.3, 0.4) is 0 Å². The third-order valence-electron chi connectivity index (χ3n) is 5.36. The molecule has 0 unspecified atom stereocenters. The van der Waals surface area contributed by atoms with Gasteiger partial charge in [0.1, 0.15) is 6.04 Å². The smallest absolute Gasteiger partial charge is 0.305 e. The molecule has 2 fully saturated rings. The highest BCUT2D eigenvalue weighted by molar-refractivity contribution is 6.25. The molecule has 124 valence electrons. The zero-order chi connectivity index (χ0) is 17.3. The molecule has 2 saturated heterocycles. The van der Waals surface area contributed by atoms with Crippen molar-refractivity contribution in [2.45, 2.75) is 18.5 Å². The Balaban J connectivity index is 1.68. The van der Waals surface area contributed by atoms with Crippen molar-refractivity contribution in [1.82, 2.24) is 4.90 Å². The van der Waals surface area contributed by atoms with E-state index in [-0.39, 0.29) is 29.6 Å². The van der Waals surface area contributed by atoms with Gasteiger partial charge in [0.05, 0.1) is 22.0 Å². The van der Waals surface area contributed by atoms with Crippen LogP contribution in [-0.4, -0.2) is 33.8 Å². The average Bonchev–Trinajstić information content (AvgIpc) is 3.28. The lowest BCUT2D eigenvalue weighted by Crippen LogP contribution is -2.38. The van der Waals surface area contributed by atoms with Gasteiger partial charge in [0, 0.05) is 17.4 Å². The van der Waals surface area contributed by atoms with Gasteiger partial charge in [0.15, 0.2) is 0 Å². The monoisotopic (exact) mass is 335 g/mol. The number of rotatable bonds is 2. The maximum absolute atomic E-state index is 12.9. The van der Waals surface area contributed by atoms with E-state index in [1.807, 2.05) is 12.2 Å². The van der Waals surface area contributed by atoms with E-state index in [1.165, 1.54) is 17.0 Å². The van der Waals surface area contributed by atoms with E-state index >= 15 is 0 Å². The minimum absolute atomic E-state index is 0.0271. The maximum Gasteiger partial charge on any atom is 0.332 e. The van der Waals surface area contributed by atoms with Gasteiger partial charge in [0.25, 0.3) is 11.6 Å². The molecule has 1 aliphatic carbocycles. The standard InChI is InChI=1S/C18H13N3O4/c22-17-16-10-5-6-11(9-10)19(16)18(23)20(17)14-7-8-15(21(24)25)13-4-2-1-3-12(13)14/h1-8,10-11,16H,9H2/t10-,11+,16-/m0/s1. The van der Waals surface area contributed by atoms with Crippen LogP contribution in [0.5, 0.6) is 0 Å². The summed E-state index contributed by atoms with van der Waals surface area (Å²) < 4.78 is 0. The van der Waals surface area contributed by atoms with Gasteiger partial charge < -0.3 is 4.90 Å². The molecule has 2 aromatic carbocycles. The molecule has 7 heteroatoms. The van der Waals surface area contributed by atoms with Gasteiger partial charge in [-0.05, 0) is 18.6 Å². The predicted molar refractivity (Wildman–Crippen MR) is 90.1 cm³/mol. The number of nitrogens with zero attached hydrogens (tertiary/aromatic N) is 3. The summed E-state index contributed by atoms with van der Waals surface area (Å²) in [4.78, 5) is 39.5. The Morgan fingerprint density at radius 1 is 1.04 bits per heavy atom. The Labute approximate surface area is 142 Å². The van der Waals surface area contributed by atoms with Crippen LogP contribution in [0.1, 0.15) is 6.42 Å². The number of benzene rings is 2. The Hall–Kier alpha value is -3.22. The van der Waals surface area contributed by atoms with Crippen molar-refractivity contribution in [1.29, 1.82) is 0 Å². The number of hydrogen-bond donors (Lipinski definition) is 0. The van der Waals surface area contributed by atoms with Crippen molar-refractivity contribution in [3.63, 3.8) is 0 Å². The quantitative estimate of drug-likeness (QED) is 0.366. The number of carbonyl (C=O) groups excluding carboxylic acids is 2. The minimum atomic E-state index is -0.456. The first-order valence-corrected chi connectivity index (χ1v) is 8.08. The van der Waals surface area contributed by atoms with E-state index in [2.05, 4.69) is 0 Å². The topological polar surface area (TPSA) is 83.8 Å². The van der Waals surface area contributed by atoms with Crippen LogP contribution in [0.15, 0.2) is 48.6 Å². The zero-order valence-corrected chi connectivity index (χ0v) is 13.0. The average molecular weight is 335 g/mol. The SMILES string of the molecule is O=C1[C@@H]2[C@H]3C=C[C@H](C3)N2C(=O)N1c1ccc([N+](=O)[O-])c2ccccc12. The molecule has 2 bridgehead atoms. The lowest BCUT2D eigenvalue weighted by molar-refractivity contribution is -0.383. The number of imide groups is 1. The molecule has 3 aliphatic rings. The molecular weight excluding hydrogens is 322 g/mol. The fraction of sp³-hybridized carbons (Fsp3) is 0.222. The molecule has 0 saturated carbocycles. The first-order valence-electron chi connectivity index (χ1n) is 8.08. The second kappa shape index (κ2) is 4.66. The number of nitro groups is 1. The van der Waals surface area contributed by atoms with Crippen LogP contribution < -0.4 is 4.90 Å². The van der Waals surface area contributed by atoms with E-state index in [9.17, 15) is 19.7 Å². The van der Waals surface area contributed by atoms with Gasteiger partial charge in [-0.2, -0.15) is 0 Å². The summed E-state index contributed by atoms with van der Waals surface area (Å²) in [6.45, 7) is 0. The Kier molecular flexibility index (Phi) is 2.64. The second-order valence-electron chi connectivity index (χ2n) is 6.57. The number of hydrogen-bond acceptors (Lipinski definition) is 4. The number of carbonyl (C=O) groups is 2. The minimum Gasteiger partial charge on any atom is -0.305 e. The lowest BCUT2D eigenvalue weighted by Gasteiger charge is -2.22. The first kappa shape index (κ1) is 14.2. The number of urea groups is 1. The van der Waals surface area contributed by atoms with Crippen LogP contribution in [0, 0.1) is 16.0 Å². The van der Waals surface area contributed by atoms with Crippen LogP contribution in [0.25, 0.3) is 10.8 Å². The van der Waals surface area contributed by atoms with E-state index in [0.717, 1.165) is 6.42 Å². The van der Waals surface area contributed by atoms with Gasteiger partial charge in [-0.3, -0.25) is 14.9 Å². The highest BCUT2D eigenvalue weighted by atomic mass is 16.6. The summed E-state index contributed by atoms with van der Waals surface area (Å²) in [5.41, 5.74) is 0.366. The van der Waals surface area contributed by atoms with Crippen molar-refractivity contribution in [2.75, 3.05) is 4.90 Å². The van der Waals surface area contributed by atoms with E-state index < -0.39 is 11.0 Å². The Morgan fingerprint density at radius 3 is 2.52 bits per heavy atom. The molecule has 0 N–H and O–H groups in total. The number of anilines is 1. The second-order valence-corrected chi connectivity index (χ2v) is 6.57. The summed E-state index contributed by atoms with van der Waals surface area (Å²) in [5, 5.41) is 12.2.